The molecule has 3 rings (SSSR count). The van der Waals surface area contributed by atoms with Crippen molar-refractivity contribution in [3.05, 3.63) is 41.2 Å². The fraction of sp³-hybridized carbons (Fsp3) is 0.167. The molecule has 0 aliphatic heterocycles. The average molecular weight is 289 g/mol. The number of nitrogens with zero attached hydrogens (tertiary/aromatic N) is 5. The van der Waals surface area contributed by atoms with E-state index in [0.29, 0.717) is 12.2 Å². The number of carboxylic acid groups (broad SMARTS) is 1. The topological polar surface area (TPSA) is 85.8 Å². The van der Waals surface area contributed by atoms with Crippen LogP contribution in [0.3, 0.4) is 0 Å². The number of hydrogen-bond acceptors (Lipinski definition) is 5. The fourth-order valence-corrected chi connectivity index (χ4v) is 2.70. The zero-order chi connectivity index (χ0) is 14.1. The van der Waals surface area contributed by atoms with E-state index in [-0.39, 0.29) is 5.69 Å². The Kier molecular flexibility index (Phi) is 3.07. The lowest BCUT2D eigenvalue weighted by Crippen LogP contribution is -2.06. The third-order valence-corrected chi connectivity index (χ3v) is 3.65. The lowest BCUT2D eigenvalue weighted by Gasteiger charge is -2.03. The van der Waals surface area contributed by atoms with Gasteiger partial charge in [-0.2, -0.15) is 5.10 Å². The van der Waals surface area contributed by atoms with Gasteiger partial charge in [-0.3, -0.25) is 4.68 Å². The molecule has 0 amide bonds. The van der Waals surface area contributed by atoms with Crippen LogP contribution in [0.2, 0.25) is 0 Å². The summed E-state index contributed by atoms with van der Waals surface area (Å²) >= 11 is 1.45. The first-order chi connectivity index (χ1) is 9.65. The van der Waals surface area contributed by atoms with Gasteiger partial charge in [0.1, 0.15) is 5.69 Å². The molecule has 1 N–H and O–H groups in total. The summed E-state index contributed by atoms with van der Waals surface area (Å²) < 4.78 is 3.26. The van der Waals surface area contributed by atoms with Crippen molar-refractivity contribution in [2.75, 3.05) is 0 Å². The maximum atomic E-state index is 11.3. The molecule has 3 aromatic heterocycles. The Bertz CT molecular complexity index is 744. The monoisotopic (exact) mass is 289 g/mol. The SMILES string of the molecule is Cn1ccc(Cn2nnc(C(=O)O)c2-c2cccs2)n1. The molecule has 3 aromatic rings. The van der Waals surface area contributed by atoms with Crippen LogP contribution < -0.4 is 0 Å². The normalized spacial score (nSPS) is 10.8. The number of rotatable bonds is 4. The summed E-state index contributed by atoms with van der Waals surface area (Å²) in [6.07, 6.45) is 1.83. The van der Waals surface area contributed by atoms with Crippen LogP contribution in [0.5, 0.6) is 0 Å². The van der Waals surface area contributed by atoms with Crippen LogP contribution >= 0.6 is 11.3 Å². The van der Waals surface area contributed by atoms with Gasteiger partial charge in [0.15, 0.2) is 5.69 Å². The standard InChI is InChI=1S/C12H11N5O2S/c1-16-5-4-8(14-16)7-17-11(9-3-2-6-20-9)10(12(18)19)13-15-17/h2-6H,7H2,1H3,(H,18,19). The molecule has 0 spiro atoms. The summed E-state index contributed by atoms with van der Waals surface area (Å²) in [5, 5.41) is 23.1. The van der Waals surface area contributed by atoms with Crippen molar-refractivity contribution in [3.63, 3.8) is 0 Å². The summed E-state index contributed by atoms with van der Waals surface area (Å²) in [6.45, 7) is 0.383. The second-order valence-corrected chi connectivity index (χ2v) is 5.16. The maximum absolute atomic E-state index is 11.3. The highest BCUT2D eigenvalue weighted by Crippen LogP contribution is 2.27. The van der Waals surface area contributed by atoms with Crippen LogP contribution in [0.25, 0.3) is 10.6 Å². The molecule has 0 atom stereocenters. The van der Waals surface area contributed by atoms with Gasteiger partial charge in [0, 0.05) is 13.2 Å². The largest absolute Gasteiger partial charge is 0.476 e. The van der Waals surface area contributed by atoms with E-state index in [0.717, 1.165) is 10.6 Å². The predicted molar refractivity (Wildman–Crippen MR) is 72.6 cm³/mol. The van der Waals surface area contributed by atoms with Crippen molar-refractivity contribution in [1.29, 1.82) is 0 Å². The number of aryl methyl sites for hydroxylation is 1. The molecule has 0 aliphatic rings. The number of aromatic carboxylic acids is 1. The molecule has 0 aromatic carbocycles. The second kappa shape index (κ2) is 4.89. The Labute approximate surface area is 118 Å². The summed E-state index contributed by atoms with van der Waals surface area (Å²) in [6, 6.07) is 5.58. The highest BCUT2D eigenvalue weighted by Gasteiger charge is 2.21. The number of thiophene rings is 1. The molecule has 7 nitrogen and oxygen atoms in total. The number of carbonyl (C=O) groups is 1. The van der Waals surface area contributed by atoms with Gasteiger partial charge in [-0.15, -0.1) is 16.4 Å². The first-order valence-electron chi connectivity index (χ1n) is 5.84. The third kappa shape index (κ3) is 2.21. The average Bonchev–Trinajstić information content (AvgIpc) is 3.10. The van der Waals surface area contributed by atoms with Crippen molar-refractivity contribution < 1.29 is 9.90 Å². The Morgan fingerprint density at radius 3 is 2.90 bits per heavy atom. The lowest BCUT2D eigenvalue weighted by molar-refractivity contribution is 0.0691. The number of carboxylic acids is 1. The van der Waals surface area contributed by atoms with Crippen LogP contribution in [-0.4, -0.2) is 35.9 Å². The molecule has 0 saturated carbocycles. The van der Waals surface area contributed by atoms with Crippen molar-refractivity contribution in [2.24, 2.45) is 7.05 Å². The van der Waals surface area contributed by atoms with Crippen molar-refractivity contribution in [1.82, 2.24) is 24.8 Å². The highest BCUT2D eigenvalue weighted by molar-refractivity contribution is 7.13. The van der Waals surface area contributed by atoms with Crippen molar-refractivity contribution in [3.8, 4) is 10.6 Å². The van der Waals surface area contributed by atoms with E-state index >= 15 is 0 Å². The zero-order valence-electron chi connectivity index (χ0n) is 10.6. The minimum atomic E-state index is -1.08. The maximum Gasteiger partial charge on any atom is 0.358 e. The summed E-state index contributed by atoms with van der Waals surface area (Å²) in [5.41, 5.74) is 1.27. The molecular formula is C12H11N5O2S. The van der Waals surface area contributed by atoms with E-state index in [1.807, 2.05) is 36.8 Å². The number of hydrogen-bond donors (Lipinski definition) is 1. The third-order valence-electron chi connectivity index (χ3n) is 2.77. The fourth-order valence-electron chi connectivity index (χ4n) is 1.93. The van der Waals surface area contributed by atoms with E-state index in [2.05, 4.69) is 15.4 Å². The zero-order valence-corrected chi connectivity index (χ0v) is 11.4. The Morgan fingerprint density at radius 2 is 2.30 bits per heavy atom. The van der Waals surface area contributed by atoms with Gasteiger partial charge in [0.2, 0.25) is 0 Å². The smallest absolute Gasteiger partial charge is 0.358 e. The highest BCUT2D eigenvalue weighted by atomic mass is 32.1. The molecule has 102 valence electrons. The van der Waals surface area contributed by atoms with Gasteiger partial charge in [-0.1, -0.05) is 11.3 Å². The molecule has 0 saturated heterocycles. The van der Waals surface area contributed by atoms with E-state index in [1.165, 1.54) is 11.3 Å². The van der Waals surface area contributed by atoms with Crippen LogP contribution in [0.15, 0.2) is 29.8 Å². The lowest BCUT2D eigenvalue weighted by atomic mass is 10.2. The Balaban J connectivity index is 2.05. The van der Waals surface area contributed by atoms with Gasteiger partial charge < -0.3 is 5.11 Å². The van der Waals surface area contributed by atoms with E-state index < -0.39 is 5.97 Å². The molecular weight excluding hydrogens is 278 g/mol. The van der Waals surface area contributed by atoms with E-state index in [9.17, 15) is 9.90 Å². The van der Waals surface area contributed by atoms with E-state index in [4.69, 9.17) is 0 Å². The molecule has 0 fully saturated rings. The Hall–Kier alpha value is -2.48. The first-order valence-corrected chi connectivity index (χ1v) is 6.72. The minimum Gasteiger partial charge on any atom is -0.476 e. The number of aromatic nitrogens is 5. The van der Waals surface area contributed by atoms with Gasteiger partial charge in [-0.25, -0.2) is 9.48 Å². The van der Waals surface area contributed by atoms with Crippen molar-refractivity contribution in [2.45, 2.75) is 6.54 Å². The summed E-state index contributed by atoms with van der Waals surface area (Å²) in [7, 11) is 1.83. The van der Waals surface area contributed by atoms with Gasteiger partial charge >= 0.3 is 5.97 Å². The molecule has 8 heteroatoms. The predicted octanol–water partition coefficient (Wildman–Crippen LogP) is 1.49. The summed E-state index contributed by atoms with van der Waals surface area (Å²) in [5.74, 6) is -1.08. The van der Waals surface area contributed by atoms with Crippen molar-refractivity contribution >= 4 is 17.3 Å². The van der Waals surface area contributed by atoms with Crippen LogP contribution in [0.1, 0.15) is 16.2 Å². The molecule has 0 unspecified atom stereocenters. The van der Waals surface area contributed by atoms with Gasteiger partial charge in [0.05, 0.1) is 17.1 Å². The van der Waals surface area contributed by atoms with Gasteiger partial charge in [-0.05, 0) is 17.5 Å². The quantitative estimate of drug-likeness (QED) is 0.786. The molecule has 0 radical (unpaired) electrons. The van der Waals surface area contributed by atoms with Crippen LogP contribution in [0, 0.1) is 0 Å². The Morgan fingerprint density at radius 1 is 1.45 bits per heavy atom. The summed E-state index contributed by atoms with van der Waals surface area (Å²) in [4.78, 5) is 12.1. The first kappa shape index (κ1) is 12.5. The van der Waals surface area contributed by atoms with Crippen LogP contribution in [0.4, 0.5) is 0 Å². The second-order valence-electron chi connectivity index (χ2n) is 4.21. The molecule has 20 heavy (non-hydrogen) atoms. The van der Waals surface area contributed by atoms with Gasteiger partial charge in [0.25, 0.3) is 0 Å². The minimum absolute atomic E-state index is 0.0385. The molecule has 0 bridgehead atoms. The molecule has 0 aliphatic carbocycles. The molecule has 3 heterocycles. The van der Waals surface area contributed by atoms with E-state index in [1.54, 1.807) is 9.36 Å². The van der Waals surface area contributed by atoms with Crippen LogP contribution in [-0.2, 0) is 13.6 Å².